The molecule has 0 aliphatic carbocycles. The zero-order valence-electron chi connectivity index (χ0n) is 25.9. The molecule has 1 unspecified atom stereocenters. The van der Waals surface area contributed by atoms with E-state index in [2.05, 4.69) is 40.3 Å². The smallest absolute Gasteiger partial charge is 0.318 e. The second kappa shape index (κ2) is 13.7. The van der Waals surface area contributed by atoms with Gasteiger partial charge >= 0.3 is 6.01 Å². The minimum atomic E-state index is -0.265. The minimum absolute atomic E-state index is 0.160. The number of morpholine rings is 1. The third-order valence-corrected chi connectivity index (χ3v) is 8.93. The zero-order chi connectivity index (χ0) is 31.3. The van der Waals surface area contributed by atoms with Gasteiger partial charge in [0, 0.05) is 68.5 Å². The van der Waals surface area contributed by atoms with Crippen molar-refractivity contribution in [3.05, 3.63) is 60.3 Å². The maximum Gasteiger partial charge on any atom is 0.318 e. The number of piperazine rings is 1. The molecule has 0 bridgehead atoms. The van der Waals surface area contributed by atoms with Crippen molar-refractivity contribution in [2.45, 2.75) is 44.9 Å². The first-order valence-electron chi connectivity index (χ1n) is 15.8. The molecule has 3 aliphatic rings. The molecule has 4 heterocycles. The number of amides is 1. The molecule has 236 valence electrons. The quantitative estimate of drug-likeness (QED) is 0.285. The molecule has 11 nitrogen and oxygen atoms in total. The van der Waals surface area contributed by atoms with Crippen molar-refractivity contribution in [1.82, 2.24) is 19.8 Å². The van der Waals surface area contributed by atoms with Crippen LogP contribution >= 0.6 is 0 Å². The molecule has 45 heavy (non-hydrogen) atoms. The fourth-order valence-electron chi connectivity index (χ4n) is 6.74. The van der Waals surface area contributed by atoms with Crippen molar-refractivity contribution in [3.8, 4) is 17.8 Å². The lowest BCUT2D eigenvalue weighted by atomic mass is 10.0. The summed E-state index contributed by atoms with van der Waals surface area (Å²) in [7, 11) is 0. The number of anilines is 2. The van der Waals surface area contributed by atoms with Gasteiger partial charge in [-0.25, -0.2) is 0 Å². The van der Waals surface area contributed by atoms with Crippen LogP contribution in [0.25, 0.3) is 10.8 Å². The largest absolute Gasteiger partial charge is 0.508 e. The summed E-state index contributed by atoms with van der Waals surface area (Å²) in [6.07, 6.45) is 3.33. The predicted octanol–water partition coefficient (Wildman–Crippen LogP) is 3.50. The number of hydrogen-bond acceptors (Lipinski definition) is 10. The first-order chi connectivity index (χ1) is 21.9. The van der Waals surface area contributed by atoms with Gasteiger partial charge in [0.15, 0.2) is 0 Å². The molecule has 2 atom stereocenters. The van der Waals surface area contributed by atoms with Crippen molar-refractivity contribution in [3.63, 3.8) is 0 Å². The van der Waals surface area contributed by atoms with Crippen molar-refractivity contribution in [2.75, 3.05) is 68.8 Å². The van der Waals surface area contributed by atoms with Crippen LogP contribution in [0, 0.1) is 11.3 Å². The number of fused-ring (bicyclic) bond motifs is 2. The average molecular weight is 612 g/mol. The van der Waals surface area contributed by atoms with Crippen LogP contribution in [0.15, 0.2) is 49.1 Å². The molecule has 6 rings (SSSR count). The Labute approximate surface area is 264 Å². The zero-order valence-corrected chi connectivity index (χ0v) is 25.9. The topological polar surface area (TPSA) is 118 Å². The van der Waals surface area contributed by atoms with E-state index in [1.165, 1.54) is 6.08 Å². The van der Waals surface area contributed by atoms with E-state index in [1.54, 1.807) is 11.0 Å². The highest BCUT2D eigenvalue weighted by atomic mass is 16.5. The Hall–Kier alpha value is -4.40. The molecule has 2 fully saturated rings. The van der Waals surface area contributed by atoms with Gasteiger partial charge in [-0.2, -0.15) is 15.2 Å². The Morgan fingerprint density at radius 2 is 2.04 bits per heavy atom. The molecule has 1 N–H and O–H groups in total. The molecule has 0 spiro atoms. The summed E-state index contributed by atoms with van der Waals surface area (Å²) in [5.74, 6) is 0.880. The first kappa shape index (κ1) is 30.6. The second-order valence-electron chi connectivity index (χ2n) is 12.0. The molecule has 3 aromatic rings. The first-order valence-corrected chi connectivity index (χ1v) is 15.8. The van der Waals surface area contributed by atoms with Gasteiger partial charge in [-0.1, -0.05) is 30.8 Å². The lowest BCUT2D eigenvalue weighted by Gasteiger charge is -2.42. The highest BCUT2D eigenvalue weighted by Crippen LogP contribution is 2.36. The number of hydrogen-bond donors (Lipinski definition) is 1. The fraction of sp³-hybridized carbons (Fsp3) is 0.471. The molecule has 11 heteroatoms. The number of aromatic hydroxyl groups is 1. The summed E-state index contributed by atoms with van der Waals surface area (Å²) >= 11 is 0. The number of carbonyl (C=O) groups excluding carboxylic acids is 1. The molecule has 1 amide bonds. The molecule has 2 saturated heterocycles. The Kier molecular flexibility index (Phi) is 9.33. The summed E-state index contributed by atoms with van der Waals surface area (Å²) in [5, 5.41) is 22.1. The highest BCUT2D eigenvalue weighted by Gasteiger charge is 2.33. The molecule has 2 aromatic carbocycles. The third kappa shape index (κ3) is 6.82. The van der Waals surface area contributed by atoms with E-state index in [9.17, 15) is 15.2 Å². The summed E-state index contributed by atoms with van der Waals surface area (Å²) in [6.45, 7) is 12.6. The monoisotopic (exact) mass is 611 g/mol. The SMILES string of the molecule is C=CC(=O)N1CCN(c2nc(OCCCN3CCO[C@@H](C)C3)nc3c2CCN(c2cc(O)cc4ccccc24)C3)CC1CC#N. The van der Waals surface area contributed by atoms with Gasteiger partial charge in [-0.05, 0) is 37.3 Å². The van der Waals surface area contributed by atoms with Crippen LogP contribution in [-0.4, -0.2) is 102 Å². The Balaban J connectivity index is 1.27. The number of phenolic OH excluding ortho intramolecular Hbond substituents is 1. The van der Waals surface area contributed by atoms with Gasteiger partial charge in [0.05, 0.1) is 50.1 Å². The van der Waals surface area contributed by atoms with Crippen LogP contribution in [0.4, 0.5) is 11.5 Å². The number of carbonyl (C=O) groups is 1. The van der Waals surface area contributed by atoms with Crippen molar-refractivity contribution >= 4 is 28.2 Å². The summed E-state index contributed by atoms with van der Waals surface area (Å²) < 4.78 is 11.9. The maximum absolute atomic E-state index is 12.5. The van der Waals surface area contributed by atoms with Crippen LogP contribution in [0.2, 0.25) is 0 Å². The molecule has 3 aliphatic heterocycles. The van der Waals surface area contributed by atoms with Gasteiger partial charge in [-0.15, -0.1) is 0 Å². The number of aromatic nitrogens is 2. The van der Waals surface area contributed by atoms with E-state index in [-0.39, 0.29) is 30.2 Å². The predicted molar refractivity (Wildman–Crippen MR) is 173 cm³/mol. The van der Waals surface area contributed by atoms with Crippen molar-refractivity contribution in [2.24, 2.45) is 0 Å². The molecular weight excluding hydrogens is 570 g/mol. The van der Waals surface area contributed by atoms with E-state index in [0.717, 1.165) is 72.7 Å². The number of nitriles is 1. The van der Waals surface area contributed by atoms with Crippen LogP contribution < -0.4 is 14.5 Å². The van der Waals surface area contributed by atoms with E-state index in [1.807, 2.05) is 24.3 Å². The van der Waals surface area contributed by atoms with Crippen molar-refractivity contribution in [1.29, 1.82) is 5.26 Å². The van der Waals surface area contributed by atoms with E-state index in [0.29, 0.717) is 45.2 Å². The van der Waals surface area contributed by atoms with Crippen LogP contribution in [0.3, 0.4) is 0 Å². The third-order valence-electron chi connectivity index (χ3n) is 8.93. The van der Waals surface area contributed by atoms with Gasteiger partial charge in [0.1, 0.15) is 11.6 Å². The summed E-state index contributed by atoms with van der Waals surface area (Å²) in [5.41, 5.74) is 2.91. The Morgan fingerprint density at radius 3 is 2.87 bits per heavy atom. The summed E-state index contributed by atoms with van der Waals surface area (Å²) in [6, 6.07) is 14.0. The van der Waals surface area contributed by atoms with E-state index >= 15 is 0 Å². The van der Waals surface area contributed by atoms with Gasteiger partial charge in [0.25, 0.3) is 0 Å². The van der Waals surface area contributed by atoms with Crippen molar-refractivity contribution < 1.29 is 19.4 Å². The van der Waals surface area contributed by atoms with E-state index < -0.39 is 0 Å². The molecule has 1 aromatic heterocycles. The van der Waals surface area contributed by atoms with Gasteiger partial charge in [-0.3, -0.25) is 9.69 Å². The fourth-order valence-corrected chi connectivity index (χ4v) is 6.74. The minimum Gasteiger partial charge on any atom is -0.508 e. The normalized spacial score (nSPS) is 20.5. The number of benzene rings is 2. The number of ether oxygens (including phenoxy) is 2. The number of rotatable bonds is 9. The van der Waals surface area contributed by atoms with Crippen LogP contribution in [0.5, 0.6) is 11.8 Å². The Bertz CT molecular complexity index is 1590. The van der Waals surface area contributed by atoms with E-state index in [4.69, 9.17) is 19.4 Å². The molecular formula is C34H41N7O4. The van der Waals surface area contributed by atoms with Gasteiger partial charge < -0.3 is 29.3 Å². The van der Waals surface area contributed by atoms with Crippen LogP contribution in [-0.2, 0) is 22.5 Å². The second-order valence-corrected chi connectivity index (χ2v) is 12.0. The van der Waals surface area contributed by atoms with Crippen LogP contribution in [0.1, 0.15) is 31.0 Å². The average Bonchev–Trinajstić information content (AvgIpc) is 3.05. The number of phenols is 1. The molecule has 0 radical (unpaired) electrons. The molecule has 0 saturated carbocycles. The lowest BCUT2D eigenvalue weighted by Crippen LogP contribution is -2.55. The number of nitrogens with zero attached hydrogens (tertiary/aromatic N) is 7. The lowest BCUT2D eigenvalue weighted by molar-refractivity contribution is -0.128. The highest BCUT2D eigenvalue weighted by molar-refractivity contribution is 5.95. The van der Waals surface area contributed by atoms with Gasteiger partial charge in [0.2, 0.25) is 5.91 Å². The Morgan fingerprint density at radius 1 is 1.18 bits per heavy atom. The maximum atomic E-state index is 12.5. The standard InChI is InChI=1S/C34H41N7O4/c1-3-32(43)41-15-14-40(22-26(41)9-11-35)33-29-10-13-39(31-20-27(42)19-25-7-4-5-8-28(25)31)23-30(29)36-34(37-33)45-17-6-12-38-16-18-44-24(2)21-38/h3-5,7-8,19-20,24,26,42H,1,6,9-10,12-18,21-23H2,2H3/t24-,26?/m0/s1. The summed E-state index contributed by atoms with van der Waals surface area (Å²) in [4.78, 5) is 31.0.